The van der Waals surface area contributed by atoms with E-state index in [2.05, 4.69) is 46.2 Å². The van der Waals surface area contributed by atoms with Gasteiger partial charge in [-0.3, -0.25) is 0 Å². The number of rotatable bonds is 0. The van der Waals surface area contributed by atoms with Crippen molar-refractivity contribution in [2.45, 2.75) is 25.8 Å². The highest BCUT2D eigenvalue weighted by Crippen LogP contribution is 2.28. The third-order valence-electron chi connectivity index (χ3n) is 2.52. The number of anilines is 1. The van der Waals surface area contributed by atoms with Crippen LogP contribution in [0.4, 0.5) is 5.69 Å². The fraction of sp³-hybridized carbons (Fsp3) is 0.400. The average molecular weight is 174 g/mol. The Morgan fingerprint density at radius 3 is 3.00 bits per heavy atom. The summed E-state index contributed by atoms with van der Waals surface area (Å²) in [6.45, 7) is 2.24. The van der Waals surface area contributed by atoms with Crippen molar-refractivity contribution >= 4 is 16.1 Å². The Balaban J connectivity index is 2.42. The van der Waals surface area contributed by atoms with E-state index in [1.165, 1.54) is 24.1 Å². The highest BCUT2D eigenvalue weighted by Gasteiger charge is 2.18. The van der Waals surface area contributed by atoms with Crippen molar-refractivity contribution in [2.75, 3.05) is 4.57 Å². The minimum absolute atomic E-state index is 0.608. The Hall–Kier alpha value is -0.763. The number of para-hydroxylation sites is 1. The molecule has 2 rings (SSSR count). The molecule has 0 aliphatic carbocycles. The van der Waals surface area contributed by atoms with Crippen LogP contribution >= 0.6 is 0 Å². The molecule has 0 amide bonds. The van der Waals surface area contributed by atoms with Crippen LogP contribution < -0.4 is 4.57 Å². The number of aryl methyl sites for hydroxylation is 1. The SMILES string of the molecule is CC1CCc2ccccc2N1[Si]. The Labute approximate surface area is 76.9 Å². The van der Waals surface area contributed by atoms with Crippen LogP contribution in [0.5, 0.6) is 0 Å². The molecule has 0 saturated heterocycles. The second kappa shape index (κ2) is 2.94. The van der Waals surface area contributed by atoms with Crippen molar-refractivity contribution in [1.29, 1.82) is 0 Å². The van der Waals surface area contributed by atoms with Gasteiger partial charge in [0.2, 0.25) is 0 Å². The van der Waals surface area contributed by atoms with Gasteiger partial charge in [-0.25, -0.2) is 0 Å². The second-order valence-corrected chi connectivity index (χ2v) is 3.87. The van der Waals surface area contributed by atoms with E-state index in [4.69, 9.17) is 0 Å². The largest absolute Gasteiger partial charge is 0.396 e. The topological polar surface area (TPSA) is 3.24 Å². The maximum atomic E-state index is 3.64. The van der Waals surface area contributed by atoms with Crippen molar-refractivity contribution in [3.63, 3.8) is 0 Å². The lowest BCUT2D eigenvalue weighted by atomic mass is 9.99. The van der Waals surface area contributed by atoms with Crippen LogP contribution in [-0.2, 0) is 6.42 Å². The normalized spacial score (nSPS) is 22.2. The molecule has 0 saturated carbocycles. The highest BCUT2D eigenvalue weighted by atomic mass is 28.2. The van der Waals surface area contributed by atoms with Gasteiger partial charge in [-0.05, 0) is 31.4 Å². The quantitative estimate of drug-likeness (QED) is 0.543. The molecule has 12 heavy (non-hydrogen) atoms. The molecule has 2 heteroatoms. The lowest BCUT2D eigenvalue weighted by molar-refractivity contribution is 0.639. The maximum Gasteiger partial charge on any atom is 0.189 e. The van der Waals surface area contributed by atoms with Gasteiger partial charge in [-0.2, -0.15) is 0 Å². The molecule has 1 unspecified atom stereocenters. The molecule has 0 bridgehead atoms. The summed E-state index contributed by atoms with van der Waals surface area (Å²) >= 11 is 0. The lowest BCUT2D eigenvalue weighted by Crippen LogP contribution is -2.34. The van der Waals surface area contributed by atoms with E-state index >= 15 is 0 Å². The van der Waals surface area contributed by atoms with E-state index < -0.39 is 0 Å². The molecule has 0 N–H and O–H groups in total. The van der Waals surface area contributed by atoms with Crippen LogP contribution in [0.2, 0.25) is 0 Å². The van der Waals surface area contributed by atoms with Crippen LogP contribution in [0.1, 0.15) is 18.9 Å². The zero-order valence-electron chi connectivity index (χ0n) is 7.25. The summed E-state index contributed by atoms with van der Waals surface area (Å²) in [4.78, 5) is 0. The zero-order chi connectivity index (χ0) is 8.55. The molecular formula is C10H12NSi. The van der Waals surface area contributed by atoms with Gasteiger partial charge in [0.1, 0.15) is 0 Å². The Kier molecular flexibility index (Phi) is 1.93. The van der Waals surface area contributed by atoms with E-state index in [1.807, 2.05) is 0 Å². The third-order valence-corrected chi connectivity index (χ3v) is 3.21. The van der Waals surface area contributed by atoms with Gasteiger partial charge in [-0.15, -0.1) is 0 Å². The first-order valence-corrected chi connectivity index (χ1v) is 4.82. The molecule has 1 aromatic rings. The van der Waals surface area contributed by atoms with Crippen molar-refractivity contribution in [1.82, 2.24) is 0 Å². The minimum Gasteiger partial charge on any atom is -0.396 e. The number of hydrogen-bond donors (Lipinski definition) is 0. The Morgan fingerprint density at radius 2 is 2.17 bits per heavy atom. The third kappa shape index (κ3) is 1.16. The molecule has 0 fully saturated rings. The lowest BCUT2D eigenvalue weighted by Gasteiger charge is -2.33. The molecule has 3 radical (unpaired) electrons. The van der Waals surface area contributed by atoms with Crippen LogP contribution in [0.15, 0.2) is 24.3 Å². The summed E-state index contributed by atoms with van der Waals surface area (Å²) in [5, 5.41) is 0. The van der Waals surface area contributed by atoms with Crippen molar-refractivity contribution < 1.29 is 0 Å². The van der Waals surface area contributed by atoms with Gasteiger partial charge >= 0.3 is 0 Å². The monoisotopic (exact) mass is 174 g/mol. The minimum atomic E-state index is 0.608. The molecule has 0 aromatic heterocycles. The summed E-state index contributed by atoms with van der Waals surface area (Å²) in [7, 11) is 3.64. The fourth-order valence-corrected chi connectivity index (χ4v) is 2.04. The summed E-state index contributed by atoms with van der Waals surface area (Å²) in [5.74, 6) is 0. The molecule has 1 nitrogen and oxygen atoms in total. The smallest absolute Gasteiger partial charge is 0.189 e. The van der Waals surface area contributed by atoms with E-state index in [-0.39, 0.29) is 0 Å². The molecular weight excluding hydrogens is 162 g/mol. The summed E-state index contributed by atoms with van der Waals surface area (Å²) < 4.78 is 2.18. The second-order valence-electron chi connectivity index (χ2n) is 3.39. The standard InChI is InChI=1S/C10H12NSi/c1-8-6-7-9-4-2-3-5-10(9)11(8)12/h2-5,8H,6-7H2,1H3. The maximum absolute atomic E-state index is 3.64. The Bertz CT molecular complexity index is 285. The Morgan fingerprint density at radius 1 is 1.42 bits per heavy atom. The molecule has 61 valence electrons. The van der Waals surface area contributed by atoms with Gasteiger partial charge in [0.05, 0.1) is 0 Å². The van der Waals surface area contributed by atoms with Crippen LogP contribution in [0, 0.1) is 0 Å². The average Bonchev–Trinajstić information content (AvgIpc) is 2.12. The summed E-state index contributed by atoms with van der Waals surface area (Å²) in [5.41, 5.74) is 2.78. The van der Waals surface area contributed by atoms with Crippen molar-refractivity contribution in [3.05, 3.63) is 29.8 Å². The van der Waals surface area contributed by atoms with Gasteiger partial charge in [0.15, 0.2) is 10.4 Å². The van der Waals surface area contributed by atoms with Gasteiger partial charge in [-0.1, -0.05) is 18.2 Å². The molecule has 1 heterocycles. The van der Waals surface area contributed by atoms with E-state index in [9.17, 15) is 0 Å². The summed E-state index contributed by atoms with van der Waals surface area (Å²) in [6.07, 6.45) is 2.44. The van der Waals surface area contributed by atoms with E-state index in [1.54, 1.807) is 0 Å². The van der Waals surface area contributed by atoms with Gasteiger partial charge < -0.3 is 4.57 Å². The summed E-state index contributed by atoms with van der Waals surface area (Å²) in [6, 6.07) is 9.17. The van der Waals surface area contributed by atoms with Crippen molar-refractivity contribution in [2.24, 2.45) is 0 Å². The fourth-order valence-electron chi connectivity index (χ4n) is 1.69. The van der Waals surface area contributed by atoms with Crippen molar-refractivity contribution in [3.8, 4) is 0 Å². The number of hydrogen-bond acceptors (Lipinski definition) is 1. The number of benzene rings is 1. The number of nitrogens with zero attached hydrogens (tertiary/aromatic N) is 1. The molecule has 1 aliphatic rings. The zero-order valence-corrected chi connectivity index (χ0v) is 8.25. The van der Waals surface area contributed by atoms with Gasteiger partial charge in [0, 0.05) is 11.7 Å². The van der Waals surface area contributed by atoms with Crippen LogP contribution in [0.3, 0.4) is 0 Å². The predicted molar refractivity (Wildman–Crippen MR) is 52.5 cm³/mol. The molecule has 1 atom stereocenters. The molecule has 1 aromatic carbocycles. The first-order chi connectivity index (χ1) is 5.79. The van der Waals surface area contributed by atoms with Gasteiger partial charge in [0.25, 0.3) is 0 Å². The highest BCUT2D eigenvalue weighted by molar-refractivity contribution is 6.18. The van der Waals surface area contributed by atoms with Crippen LogP contribution in [0.25, 0.3) is 0 Å². The van der Waals surface area contributed by atoms with E-state index in [0.29, 0.717) is 6.04 Å². The van der Waals surface area contributed by atoms with E-state index in [0.717, 1.165) is 0 Å². The first-order valence-electron chi connectivity index (χ1n) is 4.37. The molecule has 0 spiro atoms. The first kappa shape index (κ1) is 7.86. The molecule has 1 aliphatic heterocycles. The number of fused-ring (bicyclic) bond motifs is 1. The predicted octanol–water partition coefficient (Wildman–Crippen LogP) is 1.91. The van der Waals surface area contributed by atoms with Crippen LogP contribution in [-0.4, -0.2) is 16.4 Å².